The van der Waals surface area contributed by atoms with E-state index in [2.05, 4.69) is 20.9 Å². The van der Waals surface area contributed by atoms with Crippen molar-refractivity contribution in [1.82, 2.24) is 0 Å². The van der Waals surface area contributed by atoms with Crippen molar-refractivity contribution >= 4 is 51.8 Å². The molecule has 0 radical (unpaired) electrons. The van der Waals surface area contributed by atoms with Gasteiger partial charge in [-0.05, 0) is 98.4 Å². The molecule has 0 saturated carbocycles. The van der Waals surface area contributed by atoms with Crippen LogP contribution in [0.15, 0.2) is 94.5 Å². The van der Waals surface area contributed by atoms with E-state index in [0.717, 1.165) is 21.8 Å². The predicted octanol–water partition coefficient (Wildman–Crippen LogP) is 8.50. The SMILES string of the molecule is CN(C)c1ccc(N=Nc2ccc(C(=O)Nc3cc(-c4cccs4)ccc3NC(=O)OC(C)(C)C)cc2)cc1. The second-order valence-corrected chi connectivity index (χ2v) is 10.9. The molecule has 4 rings (SSSR count). The van der Waals surface area contributed by atoms with Gasteiger partial charge in [0.2, 0.25) is 0 Å². The van der Waals surface area contributed by atoms with Gasteiger partial charge in [-0.25, -0.2) is 4.79 Å². The second kappa shape index (κ2) is 11.9. The van der Waals surface area contributed by atoms with Gasteiger partial charge in [0.15, 0.2) is 0 Å². The van der Waals surface area contributed by atoms with Gasteiger partial charge in [0, 0.05) is 30.2 Å². The highest BCUT2D eigenvalue weighted by atomic mass is 32.1. The molecule has 1 heterocycles. The van der Waals surface area contributed by atoms with E-state index in [1.54, 1.807) is 62.4 Å². The maximum atomic E-state index is 13.1. The van der Waals surface area contributed by atoms with Gasteiger partial charge in [-0.3, -0.25) is 10.1 Å². The van der Waals surface area contributed by atoms with E-state index in [-0.39, 0.29) is 5.91 Å². The number of rotatable bonds is 7. The summed E-state index contributed by atoms with van der Waals surface area (Å²) in [6, 6.07) is 24.0. The number of benzene rings is 3. The lowest BCUT2D eigenvalue weighted by molar-refractivity contribution is 0.0635. The summed E-state index contributed by atoms with van der Waals surface area (Å²) in [6.45, 7) is 5.37. The Labute approximate surface area is 232 Å². The minimum Gasteiger partial charge on any atom is -0.444 e. The molecule has 2 amide bonds. The van der Waals surface area contributed by atoms with E-state index >= 15 is 0 Å². The number of nitrogens with one attached hydrogen (secondary N) is 2. The number of carbonyl (C=O) groups is 2. The van der Waals surface area contributed by atoms with Crippen molar-refractivity contribution < 1.29 is 14.3 Å². The number of anilines is 3. The molecule has 0 atom stereocenters. The molecule has 0 fully saturated rings. The minimum atomic E-state index is -0.654. The highest BCUT2D eigenvalue weighted by Gasteiger charge is 2.19. The number of amides is 2. The van der Waals surface area contributed by atoms with E-state index in [9.17, 15) is 9.59 Å². The van der Waals surface area contributed by atoms with Gasteiger partial charge in [0.25, 0.3) is 5.91 Å². The molecule has 2 N–H and O–H groups in total. The fraction of sp³-hybridized carbons (Fsp3) is 0.200. The van der Waals surface area contributed by atoms with E-state index in [1.807, 2.05) is 72.9 Å². The minimum absolute atomic E-state index is 0.326. The Morgan fingerprint density at radius 2 is 1.46 bits per heavy atom. The van der Waals surface area contributed by atoms with Crippen LogP contribution in [0.25, 0.3) is 10.4 Å². The molecule has 4 aromatic rings. The van der Waals surface area contributed by atoms with Crippen molar-refractivity contribution in [3.8, 4) is 10.4 Å². The van der Waals surface area contributed by atoms with Gasteiger partial charge < -0.3 is 15.0 Å². The average molecular weight is 542 g/mol. The van der Waals surface area contributed by atoms with E-state index in [0.29, 0.717) is 22.6 Å². The van der Waals surface area contributed by atoms with Crippen LogP contribution in [-0.4, -0.2) is 31.7 Å². The van der Waals surface area contributed by atoms with Crippen LogP contribution in [0.2, 0.25) is 0 Å². The Morgan fingerprint density at radius 3 is 2.03 bits per heavy atom. The van der Waals surface area contributed by atoms with Crippen molar-refractivity contribution in [3.63, 3.8) is 0 Å². The lowest BCUT2D eigenvalue weighted by Crippen LogP contribution is -2.27. The maximum absolute atomic E-state index is 13.1. The van der Waals surface area contributed by atoms with Crippen molar-refractivity contribution in [3.05, 3.63) is 89.8 Å². The molecule has 8 nitrogen and oxygen atoms in total. The third-order valence-electron chi connectivity index (χ3n) is 5.49. The molecular formula is C30H31N5O3S. The zero-order valence-electron chi connectivity index (χ0n) is 22.6. The maximum Gasteiger partial charge on any atom is 0.412 e. The summed E-state index contributed by atoms with van der Waals surface area (Å²) in [6.07, 6.45) is -0.604. The molecule has 39 heavy (non-hydrogen) atoms. The number of thiophene rings is 1. The van der Waals surface area contributed by atoms with E-state index in [4.69, 9.17) is 4.74 Å². The van der Waals surface area contributed by atoms with Gasteiger partial charge in [-0.1, -0.05) is 12.1 Å². The smallest absolute Gasteiger partial charge is 0.412 e. The van der Waals surface area contributed by atoms with Crippen LogP contribution in [0.4, 0.5) is 33.2 Å². The summed E-state index contributed by atoms with van der Waals surface area (Å²) in [5.41, 5.74) is 4.03. The van der Waals surface area contributed by atoms with Crippen molar-refractivity contribution in [2.45, 2.75) is 26.4 Å². The van der Waals surface area contributed by atoms with Crippen molar-refractivity contribution in [1.29, 1.82) is 0 Å². The first kappa shape index (κ1) is 27.5. The summed E-state index contributed by atoms with van der Waals surface area (Å²) >= 11 is 1.59. The Balaban J connectivity index is 1.50. The first-order valence-corrected chi connectivity index (χ1v) is 13.2. The Bertz CT molecular complexity index is 1460. The largest absolute Gasteiger partial charge is 0.444 e. The van der Waals surface area contributed by atoms with E-state index < -0.39 is 11.7 Å². The van der Waals surface area contributed by atoms with Crippen molar-refractivity contribution in [2.75, 3.05) is 29.6 Å². The number of hydrogen-bond acceptors (Lipinski definition) is 7. The normalized spacial score (nSPS) is 11.3. The van der Waals surface area contributed by atoms with Gasteiger partial charge in [0.1, 0.15) is 5.60 Å². The van der Waals surface area contributed by atoms with Crippen LogP contribution < -0.4 is 15.5 Å². The Hall–Kier alpha value is -4.50. The average Bonchev–Trinajstić information content (AvgIpc) is 3.43. The molecule has 9 heteroatoms. The molecule has 0 saturated heterocycles. The van der Waals surface area contributed by atoms with Gasteiger partial charge in [-0.15, -0.1) is 11.3 Å². The topological polar surface area (TPSA) is 95.4 Å². The first-order valence-electron chi connectivity index (χ1n) is 12.4. The van der Waals surface area contributed by atoms with Crippen LogP contribution in [0, 0.1) is 0 Å². The molecule has 3 aromatic carbocycles. The zero-order chi connectivity index (χ0) is 28.0. The molecular weight excluding hydrogens is 510 g/mol. The van der Waals surface area contributed by atoms with Crippen molar-refractivity contribution in [2.24, 2.45) is 10.2 Å². The lowest BCUT2D eigenvalue weighted by Gasteiger charge is -2.21. The highest BCUT2D eigenvalue weighted by Crippen LogP contribution is 2.32. The monoisotopic (exact) mass is 541 g/mol. The number of ether oxygens (including phenoxy) is 1. The predicted molar refractivity (Wildman–Crippen MR) is 159 cm³/mol. The quantitative estimate of drug-likeness (QED) is 0.229. The van der Waals surface area contributed by atoms with Crippen LogP contribution in [0.3, 0.4) is 0 Å². The fourth-order valence-corrected chi connectivity index (χ4v) is 4.30. The molecule has 0 aliphatic rings. The number of hydrogen-bond donors (Lipinski definition) is 2. The number of nitrogens with zero attached hydrogens (tertiary/aromatic N) is 3. The van der Waals surface area contributed by atoms with Crippen LogP contribution in [0.1, 0.15) is 31.1 Å². The summed E-state index contributed by atoms with van der Waals surface area (Å²) in [7, 11) is 3.96. The fourth-order valence-electron chi connectivity index (χ4n) is 3.57. The molecule has 1 aromatic heterocycles. The first-order chi connectivity index (χ1) is 18.6. The molecule has 0 aliphatic carbocycles. The summed E-state index contributed by atoms with van der Waals surface area (Å²) < 4.78 is 5.39. The second-order valence-electron chi connectivity index (χ2n) is 9.98. The lowest BCUT2D eigenvalue weighted by atomic mass is 10.1. The summed E-state index contributed by atoms with van der Waals surface area (Å²) in [5.74, 6) is -0.326. The zero-order valence-corrected chi connectivity index (χ0v) is 23.4. The van der Waals surface area contributed by atoms with E-state index in [1.165, 1.54) is 0 Å². The van der Waals surface area contributed by atoms with Crippen LogP contribution in [0.5, 0.6) is 0 Å². The van der Waals surface area contributed by atoms with Crippen LogP contribution in [-0.2, 0) is 4.74 Å². The highest BCUT2D eigenvalue weighted by molar-refractivity contribution is 7.13. The molecule has 0 aliphatic heterocycles. The van der Waals surface area contributed by atoms with Crippen LogP contribution >= 0.6 is 11.3 Å². The molecule has 200 valence electrons. The Kier molecular flexibility index (Phi) is 8.41. The Morgan fingerprint density at radius 1 is 0.821 bits per heavy atom. The third-order valence-corrected chi connectivity index (χ3v) is 6.40. The van der Waals surface area contributed by atoms with Gasteiger partial charge >= 0.3 is 6.09 Å². The van der Waals surface area contributed by atoms with Gasteiger partial charge in [0.05, 0.1) is 22.7 Å². The van der Waals surface area contributed by atoms with Gasteiger partial charge in [-0.2, -0.15) is 10.2 Å². The number of azo groups is 1. The summed E-state index contributed by atoms with van der Waals surface area (Å²) in [5, 5.41) is 16.2. The molecule has 0 spiro atoms. The third kappa shape index (κ3) is 7.75. The standard InChI is InChI=1S/C30H31N5O3S/c1-30(2,3)38-29(37)32-25-17-10-21(27-7-6-18-39-27)19-26(25)31-28(36)20-8-11-22(12-9-20)33-34-23-13-15-24(16-14-23)35(4)5/h6-19H,1-5H3,(H,31,36)(H,32,37). The molecule has 0 unspecified atom stereocenters. The molecule has 0 bridgehead atoms. The number of carbonyl (C=O) groups excluding carboxylic acids is 2. The summed E-state index contributed by atoms with van der Waals surface area (Å²) in [4.78, 5) is 28.6.